The maximum absolute atomic E-state index is 11.5. The van der Waals surface area contributed by atoms with Gasteiger partial charge in [0.2, 0.25) is 0 Å². The Hall–Kier alpha value is -1.35. The van der Waals surface area contributed by atoms with E-state index in [1.807, 2.05) is 31.2 Å². The first-order valence-corrected chi connectivity index (χ1v) is 6.18. The van der Waals surface area contributed by atoms with Crippen LogP contribution in [-0.4, -0.2) is 24.2 Å². The first-order chi connectivity index (χ1) is 8.18. The summed E-state index contributed by atoms with van der Waals surface area (Å²) in [6.45, 7) is 3.87. The monoisotopic (exact) mass is 233 g/mol. The first kappa shape index (κ1) is 12.1. The maximum Gasteiger partial charge on any atom is 0.311 e. The highest BCUT2D eigenvalue weighted by Crippen LogP contribution is 2.31. The average Bonchev–Trinajstić information content (AvgIpc) is 2.30. The Morgan fingerprint density at radius 2 is 2.12 bits per heavy atom. The summed E-state index contributed by atoms with van der Waals surface area (Å²) in [5.74, 6) is -0.782. The molecule has 0 aliphatic carbocycles. The molecule has 1 aliphatic rings. The highest BCUT2D eigenvalue weighted by molar-refractivity contribution is 5.76. The summed E-state index contributed by atoms with van der Waals surface area (Å²) in [7, 11) is 0. The summed E-state index contributed by atoms with van der Waals surface area (Å²) in [4.78, 5) is 11.5. The van der Waals surface area contributed by atoms with E-state index in [1.54, 1.807) is 0 Å². The van der Waals surface area contributed by atoms with E-state index in [1.165, 1.54) is 0 Å². The van der Waals surface area contributed by atoms with Crippen LogP contribution in [0.1, 0.15) is 29.9 Å². The molecule has 0 aromatic heterocycles. The van der Waals surface area contributed by atoms with Gasteiger partial charge < -0.3 is 10.4 Å². The van der Waals surface area contributed by atoms with Crippen LogP contribution in [-0.2, 0) is 4.79 Å². The third-order valence-corrected chi connectivity index (χ3v) is 3.52. The van der Waals surface area contributed by atoms with Crippen molar-refractivity contribution < 1.29 is 9.90 Å². The second-order valence-corrected chi connectivity index (χ2v) is 4.82. The molecule has 1 unspecified atom stereocenters. The van der Waals surface area contributed by atoms with E-state index < -0.39 is 5.97 Å². The van der Waals surface area contributed by atoms with E-state index in [0.29, 0.717) is 0 Å². The second kappa shape index (κ2) is 5.32. The molecule has 1 saturated heterocycles. The zero-order chi connectivity index (χ0) is 12.3. The fraction of sp³-hybridized carbons (Fsp3) is 0.500. The van der Waals surface area contributed by atoms with Gasteiger partial charge in [-0.2, -0.15) is 0 Å². The number of carbonyl (C=O) groups is 1. The van der Waals surface area contributed by atoms with Gasteiger partial charge in [0, 0.05) is 0 Å². The largest absolute Gasteiger partial charge is 0.481 e. The van der Waals surface area contributed by atoms with Crippen molar-refractivity contribution in [3.63, 3.8) is 0 Å². The van der Waals surface area contributed by atoms with Crippen LogP contribution >= 0.6 is 0 Å². The number of piperidine rings is 1. The molecule has 1 aliphatic heterocycles. The van der Waals surface area contributed by atoms with Gasteiger partial charge in [-0.3, -0.25) is 4.79 Å². The zero-order valence-electron chi connectivity index (χ0n) is 10.1. The van der Waals surface area contributed by atoms with E-state index in [2.05, 4.69) is 5.32 Å². The third kappa shape index (κ3) is 2.86. The van der Waals surface area contributed by atoms with Gasteiger partial charge in [0.15, 0.2) is 0 Å². The van der Waals surface area contributed by atoms with Crippen molar-refractivity contribution >= 4 is 5.97 Å². The van der Waals surface area contributed by atoms with Crippen molar-refractivity contribution in [2.45, 2.75) is 25.7 Å². The Balaban J connectivity index is 2.25. The average molecular weight is 233 g/mol. The van der Waals surface area contributed by atoms with Crippen LogP contribution < -0.4 is 5.32 Å². The summed E-state index contributed by atoms with van der Waals surface area (Å²) in [5.41, 5.74) is 2.08. The van der Waals surface area contributed by atoms with E-state index in [4.69, 9.17) is 0 Å². The van der Waals surface area contributed by atoms with Crippen LogP contribution in [0.3, 0.4) is 0 Å². The number of carboxylic acid groups (broad SMARTS) is 1. The Bertz CT molecular complexity index is 397. The number of hydrogen-bond acceptors (Lipinski definition) is 2. The molecule has 0 spiro atoms. The lowest BCUT2D eigenvalue weighted by Gasteiger charge is -2.28. The molecule has 1 aromatic carbocycles. The molecule has 17 heavy (non-hydrogen) atoms. The summed E-state index contributed by atoms with van der Waals surface area (Å²) in [6, 6.07) is 7.89. The SMILES string of the molecule is Cc1cccc(C(C(=O)O)C2CCNCC2)c1. The molecule has 3 nitrogen and oxygen atoms in total. The molecule has 92 valence electrons. The number of benzene rings is 1. The van der Waals surface area contributed by atoms with Crippen LogP contribution in [0.4, 0.5) is 0 Å². The first-order valence-electron chi connectivity index (χ1n) is 6.18. The number of nitrogens with one attached hydrogen (secondary N) is 1. The minimum atomic E-state index is -0.692. The predicted octanol–water partition coefficient (Wildman–Crippen LogP) is 2.16. The van der Waals surface area contributed by atoms with Crippen LogP contribution in [0.25, 0.3) is 0 Å². The lowest BCUT2D eigenvalue weighted by molar-refractivity contribution is -0.140. The van der Waals surface area contributed by atoms with Crippen molar-refractivity contribution in [2.24, 2.45) is 5.92 Å². The number of rotatable bonds is 3. The molecular weight excluding hydrogens is 214 g/mol. The molecule has 0 bridgehead atoms. The predicted molar refractivity (Wildman–Crippen MR) is 67.1 cm³/mol. The molecule has 3 heteroatoms. The van der Waals surface area contributed by atoms with Crippen LogP contribution in [0, 0.1) is 12.8 Å². The minimum absolute atomic E-state index is 0.260. The minimum Gasteiger partial charge on any atom is -0.481 e. The standard InChI is InChI=1S/C14H19NO2/c1-10-3-2-4-12(9-10)13(14(16)17)11-5-7-15-8-6-11/h2-4,9,11,13,15H,5-8H2,1H3,(H,16,17). The normalized spacial score (nSPS) is 18.9. The summed E-state index contributed by atoms with van der Waals surface area (Å²) in [5, 5.41) is 12.7. The van der Waals surface area contributed by atoms with Crippen molar-refractivity contribution in [1.29, 1.82) is 0 Å². The van der Waals surface area contributed by atoms with Crippen LogP contribution in [0.2, 0.25) is 0 Å². The van der Waals surface area contributed by atoms with Gasteiger partial charge in [-0.15, -0.1) is 0 Å². The maximum atomic E-state index is 11.5. The van der Waals surface area contributed by atoms with E-state index >= 15 is 0 Å². The molecule has 0 amide bonds. The Morgan fingerprint density at radius 3 is 2.71 bits per heavy atom. The summed E-state index contributed by atoms with van der Waals surface area (Å²) < 4.78 is 0. The fourth-order valence-corrected chi connectivity index (χ4v) is 2.66. The quantitative estimate of drug-likeness (QED) is 0.841. The Morgan fingerprint density at radius 1 is 1.41 bits per heavy atom. The van der Waals surface area contributed by atoms with Gasteiger partial charge in [-0.1, -0.05) is 29.8 Å². The third-order valence-electron chi connectivity index (χ3n) is 3.52. The number of hydrogen-bond donors (Lipinski definition) is 2. The van der Waals surface area contributed by atoms with Gasteiger partial charge in [0.1, 0.15) is 0 Å². The fourth-order valence-electron chi connectivity index (χ4n) is 2.66. The number of aryl methyl sites for hydroxylation is 1. The van der Waals surface area contributed by atoms with Gasteiger partial charge in [-0.25, -0.2) is 0 Å². The van der Waals surface area contributed by atoms with E-state index in [9.17, 15) is 9.90 Å². The molecule has 2 rings (SSSR count). The summed E-state index contributed by atoms with van der Waals surface area (Å²) >= 11 is 0. The lowest BCUT2D eigenvalue weighted by Crippen LogP contribution is -2.33. The molecule has 1 atom stereocenters. The second-order valence-electron chi connectivity index (χ2n) is 4.82. The molecule has 2 N–H and O–H groups in total. The van der Waals surface area contributed by atoms with Gasteiger partial charge >= 0.3 is 5.97 Å². The highest BCUT2D eigenvalue weighted by Gasteiger charge is 2.30. The van der Waals surface area contributed by atoms with Crippen molar-refractivity contribution in [3.05, 3.63) is 35.4 Å². The molecule has 0 radical (unpaired) electrons. The highest BCUT2D eigenvalue weighted by atomic mass is 16.4. The Labute approximate surface area is 102 Å². The zero-order valence-corrected chi connectivity index (χ0v) is 10.1. The molecule has 1 fully saturated rings. The molecule has 1 aromatic rings. The Kier molecular flexibility index (Phi) is 3.79. The van der Waals surface area contributed by atoms with E-state index in [0.717, 1.165) is 37.1 Å². The van der Waals surface area contributed by atoms with Crippen molar-refractivity contribution in [3.8, 4) is 0 Å². The molecule has 0 saturated carbocycles. The number of carboxylic acids is 1. The number of aliphatic carboxylic acids is 1. The smallest absolute Gasteiger partial charge is 0.311 e. The van der Waals surface area contributed by atoms with Crippen molar-refractivity contribution in [1.82, 2.24) is 5.32 Å². The van der Waals surface area contributed by atoms with Crippen molar-refractivity contribution in [2.75, 3.05) is 13.1 Å². The van der Waals surface area contributed by atoms with Crippen LogP contribution in [0.5, 0.6) is 0 Å². The summed E-state index contributed by atoms with van der Waals surface area (Å²) in [6.07, 6.45) is 1.90. The van der Waals surface area contributed by atoms with E-state index in [-0.39, 0.29) is 11.8 Å². The van der Waals surface area contributed by atoms with Gasteiger partial charge in [0.05, 0.1) is 5.92 Å². The van der Waals surface area contributed by atoms with Gasteiger partial charge in [0.25, 0.3) is 0 Å². The molecular formula is C14H19NO2. The lowest BCUT2D eigenvalue weighted by atomic mass is 9.80. The topological polar surface area (TPSA) is 49.3 Å². The van der Waals surface area contributed by atoms with Crippen LogP contribution in [0.15, 0.2) is 24.3 Å². The van der Waals surface area contributed by atoms with Gasteiger partial charge in [-0.05, 0) is 44.3 Å². The molecule has 1 heterocycles.